The second-order valence-corrected chi connectivity index (χ2v) is 6.90. The third-order valence-corrected chi connectivity index (χ3v) is 4.84. The molecule has 0 bridgehead atoms. The Labute approximate surface area is 164 Å². The van der Waals surface area contributed by atoms with Gasteiger partial charge in [0.25, 0.3) is 0 Å². The van der Waals surface area contributed by atoms with E-state index >= 15 is 0 Å². The zero-order valence-corrected chi connectivity index (χ0v) is 16.3. The van der Waals surface area contributed by atoms with E-state index in [1.54, 1.807) is 6.07 Å². The van der Waals surface area contributed by atoms with E-state index in [-0.39, 0.29) is 5.91 Å². The van der Waals surface area contributed by atoms with Gasteiger partial charge in [0.15, 0.2) is 5.82 Å². The predicted octanol–water partition coefficient (Wildman–Crippen LogP) is 2.79. The van der Waals surface area contributed by atoms with Gasteiger partial charge >= 0.3 is 0 Å². The summed E-state index contributed by atoms with van der Waals surface area (Å²) in [5, 5.41) is 4.58. The maximum absolute atomic E-state index is 12.4. The zero-order valence-electron chi connectivity index (χ0n) is 15.6. The number of nitrogens with zero attached hydrogens (tertiary/aromatic N) is 4. The molecule has 7 nitrogen and oxygen atoms in total. The van der Waals surface area contributed by atoms with Gasteiger partial charge in [0.05, 0.1) is 18.2 Å². The first-order chi connectivity index (χ1) is 13.2. The number of amides is 1. The van der Waals surface area contributed by atoms with Crippen molar-refractivity contribution < 1.29 is 14.1 Å². The summed E-state index contributed by atoms with van der Waals surface area (Å²) < 4.78 is 10.8. The molecule has 1 fully saturated rings. The summed E-state index contributed by atoms with van der Waals surface area (Å²) in [4.78, 5) is 20.9. The highest BCUT2D eigenvalue weighted by Gasteiger charge is 2.22. The number of rotatable bonds is 8. The normalized spacial score (nSPS) is 15.1. The predicted molar refractivity (Wildman–Crippen MR) is 102 cm³/mol. The van der Waals surface area contributed by atoms with Gasteiger partial charge in [-0.1, -0.05) is 35.8 Å². The fourth-order valence-electron chi connectivity index (χ4n) is 2.98. The molecule has 146 valence electrons. The van der Waals surface area contributed by atoms with Gasteiger partial charge < -0.3 is 14.2 Å². The summed E-state index contributed by atoms with van der Waals surface area (Å²) in [5.41, 5.74) is 0. The first-order valence-corrected chi connectivity index (χ1v) is 9.72. The summed E-state index contributed by atoms with van der Waals surface area (Å²) in [6, 6.07) is 7.36. The zero-order chi connectivity index (χ0) is 19.1. The Morgan fingerprint density at radius 1 is 1.26 bits per heavy atom. The van der Waals surface area contributed by atoms with Gasteiger partial charge in [0.1, 0.15) is 5.75 Å². The number of piperazine rings is 1. The number of carbonyl (C=O) groups excluding carboxylic acids is 1. The average Bonchev–Trinajstić information content (AvgIpc) is 3.14. The van der Waals surface area contributed by atoms with Gasteiger partial charge in [-0.25, -0.2) is 0 Å². The Hall–Kier alpha value is -2.12. The van der Waals surface area contributed by atoms with Crippen molar-refractivity contribution in [3.8, 4) is 5.75 Å². The molecule has 1 aromatic heterocycles. The van der Waals surface area contributed by atoms with Crippen molar-refractivity contribution in [1.29, 1.82) is 0 Å². The standard InChI is InChI=1S/C19H25ClN4O3/c1-2-18-21-17(22-27-18)14-23-9-11-24(12-10-23)19(25)8-5-13-26-16-7-4-3-6-15(16)20/h3-4,6-7H,2,5,8-14H2,1H3. The van der Waals surface area contributed by atoms with Crippen LogP contribution in [0, 0.1) is 0 Å². The van der Waals surface area contributed by atoms with E-state index in [0.717, 1.165) is 32.6 Å². The van der Waals surface area contributed by atoms with E-state index in [4.69, 9.17) is 20.9 Å². The van der Waals surface area contributed by atoms with Crippen LogP contribution in [-0.2, 0) is 17.8 Å². The van der Waals surface area contributed by atoms with Crippen molar-refractivity contribution in [3.63, 3.8) is 0 Å². The fourth-order valence-corrected chi connectivity index (χ4v) is 3.17. The van der Waals surface area contributed by atoms with Crippen LogP contribution in [0.4, 0.5) is 0 Å². The summed E-state index contributed by atoms with van der Waals surface area (Å²) in [5.74, 6) is 2.21. The van der Waals surface area contributed by atoms with Crippen molar-refractivity contribution >= 4 is 17.5 Å². The van der Waals surface area contributed by atoms with Gasteiger partial charge in [-0.05, 0) is 18.6 Å². The molecule has 1 saturated heterocycles. The number of ether oxygens (including phenoxy) is 1. The number of aromatic nitrogens is 2. The van der Waals surface area contributed by atoms with E-state index in [1.807, 2.05) is 30.0 Å². The molecule has 0 unspecified atom stereocenters. The molecule has 2 aromatic rings. The molecule has 0 saturated carbocycles. The van der Waals surface area contributed by atoms with E-state index in [2.05, 4.69) is 15.0 Å². The number of aryl methyl sites for hydroxylation is 1. The minimum absolute atomic E-state index is 0.172. The first kappa shape index (κ1) is 19.6. The Balaban J connectivity index is 1.34. The molecule has 2 heterocycles. The van der Waals surface area contributed by atoms with E-state index in [0.29, 0.717) is 48.5 Å². The lowest BCUT2D eigenvalue weighted by Gasteiger charge is -2.34. The van der Waals surface area contributed by atoms with Crippen molar-refractivity contribution in [2.75, 3.05) is 32.8 Å². The molecular formula is C19H25ClN4O3. The van der Waals surface area contributed by atoms with Gasteiger partial charge in [-0.15, -0.1) is 0 Å². The number of benzene rings is 1. The SMILES string of the molecule is CCc1nc(CN2CCN(C(=O)CCCOc3ccccc3Cl)CC2)no1. The van der Waals surface area contributed by atoms with Crippen LogP contribution in [0.25, 0.3) is 0 Å². The molecule has 3 rings (SSSR count). The molecule has 0 aliphatic carbocycles. The quantitative estimate of drug-likeness (QED) is 0.643. The van der Waals surface area contributed by atoms with Crippen LogP contribution in [0.3, 0.4) is 0 Å². The Bertz CT molecular complexity index is 744. The average molecular weight is 393 g/mol. The lowest BCUT2D eigenvalue weighted by molar-refractivity contribution is -0.133. The molecule has 1 amide bonds. The van der Waals surface area contributed by atoms with Crippen LogP contribution in [0.15, 0.2) is 28.8 Å². The maximum atomic E-state index is 12.4. The van der Waals surface area contributed by atoms with Crippen LogP contribution in [0.5, 0.6) is 5.75 Å². The summed E-state index contributed by atoms with van der Waals surface area (Å²) in [6.07, 6.45) is 1.90. The number of para-hydroxylation sites is 1. The van der Waals surface area contributed by atoms with Crippen molar-refractivity contribution in [3.05, 3.63) is 41.0 Å². The van der Waals surface area contributed by atoms with Crippen LogP contribution >= 0.6 is 11.6 Å². The molecule has 0 spiro atoms. The smallest absolute Gasteiger partial charge is 0.226 e. The molecule has 1 aromatic carbocycles. The monoisotopic (exact) mass is 392 g/mol. The van der Waals surface area contributed by atoms with Crippen LogP contribution in [-0.4, -0.2) is 58.6 Å². The molecule has 0 N–H and O–H groups in total. The third-order valence-electron chi connectivity index (χ3n) is 4.53. The topological polar surface area (TPSA) is 71.7 Å². The molecule has 0 atom stereocenters. The minimum atomic E-state index is 0.172. The molecule has 27 heavy (non-hydrogen) atoms. The van der Waals surface area contributed by atoms with Gasteiger partial charge in [0, 0.05) is 39.0 Å². The number of hydrogen-bond acceptors (Lipinski definition) is 6. The third kappa shape index (κ3) is 5.68. The number of hydrogen-bond donors (Lipinski definition) is 0. The van der Waals surface area contributed by atoms with Crippen LogP contribution in [0.2, 0.25) is 5.02 Å². The largest absolute Gasteiger partial charge is 0.492 e. The molecular weight excluding hydrogens is 368 g/mol. The Morgan fingerprint density at radius 2 is 2.04 bits per heavy atom. The van der Waals surface area contributed by atoms with E-state index in [1.165, 1.54) is 0 Å². The van der Waals surface area contributed by atoms with Gasteiger partial charge in [-0.2, -0.15) is 4.98 Å². The molecule has 0 radical (unpaired) electrons. The second-order valence-electron chi connectivity index (χ2n) is 6.50. The summed E-state index contributed by atoms with van der Waals surface area (Å²) in [6.45, 7) is 6.21. The molecule has 1 aliphatic heterocycles. The Morgan fingerprint density at radius 3 is 2.74 bits per heavy atom. The fraction of sp³-hybridized carbons (Fsp3) is 0.526. The highest BCUT2D eigenvalue weighted by atomic mass is 35.5. The highest BCUT2D eigenvalue weighted by molar-refractivity contribution is 6.32. The maximum Gasteiger partial charge on any atom is 0.226 e. The minimum Gasteiger partial charge on any atom is -0.492 e. The van der Waals surface area contributed by atoms with Gasteiger partial charge in [-0.3, -0.25) is 9.69 Å². The number of halogens is 1. The van der Waals surface area contributed by atoms with Crippen molar-refractivity contribution in [1.82, 2.24) is 19.9 Å². The highest BCUT2D eigenvalue weighted by Crippen LogP contribution is 2.23. The van der Waals surface area contributed by atoms with Crippen LogP contribution in [0.1, 0.15) is 31.5 Å². The molecule has 1 aliphatic rings. The van der Waals surface area contributed by atoms with E-state index in [9.17, 15) is 4.79 Å². The lowest BCUT2D eigenvalue weighted by atomic mass is 10.2. The molecule has 8 heteroatoms. The first-order valence-electron chi connectivity index (χ1n) is 9.34. The van der Waals surface area contributed by atoms with E-state index < -0.39 is 0 Å². The lowest BCUT2D eigenvalue weighted by Crippen LogP contribution is -2.48. The van der Waals surface area contributed by atoms with Crippen molar-refractivity contribution in [2.24, 2.45) is 0 Å². The van der Waals surface area contributed by atoms with Crippen LogP contribution < -0.4 is 4.74 Å². The van der Waals surface area contributed by atoms with Gasteiger partial charge in [0.2, 0.25) is 11.8 Å². The summed E-state index contributed by atoms with van der Waals surface area (Å²) >= 11 is 6.05. The van der Waals surface area contributed by atoms with Crippen molar-refractivity contribution in [2.45, 2.75) is 32.7 Å². The summed E-state index contributed by atoms with van der Waals surface area (Å²) in [7, 11) is 0. The number of carbonyl (C=O) groups is 1. The second kappa shape index (κ2) is 9.71. The Kier molecular flexibility index (Phi) is 7.06.